The lowest BCUT2D eigenvalue weighted by molar-refractivity contribution is 0.190. The fourth-order valence-electron chi connectivity index (χ4n) is 3.06. The zero-order valence-corrected chi connectivity index (χ0v) is 14.3. The Morgan fingerprint density at radius 3 is 2.75 bits per heavy atom. The van der Waals surface area contributed by atoms with Gasteiger partial charge in [-0.05, 0) is 44.0 Å². The second-order valence-corrected chi connectivity index (χ2v) is 7.38. The van der Waals surface area contributed by atoms with Gasteiger partial charge in [-0.2, -0.15) is 0 Å². The number of thiophene rings is 1. The van der Waals surface area contributed by atoms with Crippen molar-refractivity contribution in [2.45, 2.75) is 38.6 Å². The number of anilines is 1. The van der Waals surface area contributed by atoms with Gasteiger partial charge in [-0.15, -0.1) is 11.3 Å². The summed E-state index contributed by atoms with van der Waals surface area (Å²) in [7, 11) is 0. The quantitative estimate of drug-likeness (QED) is 0.764. The lowest BCUT2D eigenvalue weighted by Gasteiger charge is -2.29. The molecule has 0 radical (unpaired) electrons. The molecular formula is C18H20F2N2OS. The molecule has 1 saturated heterocycles. The van der Waals surface area contributed by atoms with Crippen LogP contribution in [0.2, 0.25) is 0 Å². The van der Waals surface area contributed by atoms with E-state index in [4.69, 9.17) is 0 Å². The van der Waals surface area contributed by atoms with Crippen LogP contribution >= 0.6 is 11.3 Å². The summed E-state index contributed by atoms with van der Waals surface area (Å²) in [5.74, 6) is -1.42. The number of hydrogen-bond donors (Lipinski definition) is 1. The Morgan fingerprint density at radius 1 is 1.21 bits per heavy atom. The number of carbonyl (C=O) groups excluding carboxylic acids is 1. The molecular weight excluding hydrogens is 330 g/mol. The monoisotopic (exact) mass is 350 g/mol. The van der Waals surface area contributed by atoms with Gasteiger partial charge in [0.25, 0.3) is 0 Å². The third-order valence-electron chi connectivity index (χ3n) is 4.28. The van der Waals surface area contributed by atoms with Gasteiger partial charge in [0.15, 0.2) is 0 Å². The van der Waals surface area contributed by atoms with Crippen molar-refractivity contribution < 1.29 is 13.6 Å². The van der Waals surface area contributed by atoms with E-state index in [2.05, 4.69) is 17.4 Å². The van der Waals surface area contributed by atoms with Crippen molar-refractivity contribution in [1.82, 2.24) is 4.90 Å². The van der Waals surface area contributed by atoms with Crippen molar-refractivity contribution in [2.24, 2.45) is 0 Å². The van der Waals surface area contributed by atoms with Gasteiger partial charge in [0.2, 0.25) is 0 Å². The molecule has 0 spiro atoms. The van der Waals surface area contributed by atoms with Gasteiger partial charge in [-0.25, -0.2) is 13.6 Å². The first kappa shape index (κ1) is 16.9. The lowest BCUT2D eigenvalue weighted by atomic mass is 10.1. The Kier molecular flexibility index (Phi) is 5.14. The molecule has 1 aliphatic rings. The molecule has 1 N–H and O–H groups in total. The fourth-order valence-corrected chi connectivity index (χ4v) is 4.08. The topological polar surface area (TPSA) is 32.3 Å². The summed E-state index contributed by atoms with van der Waals surface area (Å²) >= 11 is 1.69. The Hall–Kier alpha value is -1.95. The van der Waals surface area contributed by atoms with Crippen molar-refractivity contribution in [2.75, 3.05) is 11.9 Å². The standard InChI is InChI=1S/C18H20F2N2OS/c1-12-6-9-17(24-12)16-5-3-2-4-10-22(16)18(23)21-15-8-7-13(19)11-14(15)20/h6-9,11,16H,2-5,10H2,1H3,(H,21,23)/t16-/m0/s1. The summed E-state index contributed by atoms with van der Waals surface area (Å²) in [6.07, 6.45) is 3.98. The molecule has 0 saturated carbocycles. The number of benzene rings is 1. The third kappa shape index (κ3) is 3.75. The van der Waals surface area contributed by atoms with E-state index in [9.17, 15) is 13.6 Å². The van der Waals surface area contributed by atoms with Crippen LogP contribution < -0.4 is 5.32 Å². The molecule has 2 aromatic rings. The molecule has 0 unspecified atom stereocenters. The second kappa shape index (κ2) is 7.30. The van der Waals surface area contributed by atoms with Gasteiger partial charge in [0, 0.05) is 22.4 Å². The number of rotatable bonds is 2. The summed E-state index contributed by atoms with van der Waals surface area (Å²) in [5.41, 5.74) is 0.00626. The van der Waals surface area contributed by atoms with Gasteiger partial charge < -0.3 is 10.2 Å². The van der Waals surface area contributed by atoms with E-state index < -0.39 is 11.6 Å². The molecule has 24 heavy (non-hydrogen) atoms. The van der Waals surface area contributed by atoms with E-state index in [0.29, 0.717) is 6.54 Å². The average Bonchev–Trinajstić information content (AvgIpc) is 2.83. The van der Waals surface area contributed by atoms with Gasteiger partial charge in [0.05, 0.1) is 11.7 Å². The van der Waals surface area contributed by atoms with E-state index in [1.165, 1.54) is 10.9 Å². The average molecular weight is 350 g/mol. The highest BCUT2D eigenvalue weighted by Crippen LogP contribution is 2.34. The normalized spacial score (nSPS) is 18.3. The highest BCUT2D eigenvalue weighted by atomic mass is 32.1. The number of urea groups is 1. The van der Waals surface area contributed by atoms with Gasteiger partial charge in [0.1, 0.15) is 11.6 Å². The van der Waals surface area contributed by atoms with E-state index >= 15 is 0 Å². The van der Waals surface area contributed by atoms with Crippen molar-refractivity contribution in [3.05, 3.63) is 51.7 Å². The number of hydrogen-bond acceptors (Lipinski definition) is 2. The number of carbonyl (C=O) groups is 1. The highest BCUT2D eigenvalue weighted by molar-refractivity contribution is 7.12. The van der Waals surface area contributed by atoms with Crippen LogP contribution in [0.4, 0.5) is 19.3 Å². The van der Waals surface area contributed by atoms with Crippen LogP contribution in [0.15, 0.2) is 30.3 Å². The van der Waals surface area contributed by atoms with Crippen molar-refractivity contribution in [1.29, 1.82) is 0 Å². The number of amides is 2. The first-order valence-electron chi connectivity index (χ1n) is 8.13. The summed E-state index contributed by atoms with van der Waals surface area (Å²) in [5, 5.41) is 2.59. The maximum absolute atomic E-state index is 13.8. The molecule has 1 aromatic carbocycles. The van der Waals surface area contributed by atoms with Crippen molar-refractivity contribution in [3.63, 3.8) is 0 Å². The summed E-state index contributed by atoms with van der Waals surface area (Å²) < 4.78 is 26.8. The molecule has 1 atom stereocenters. The zero-order chi connectivity index (χ0) is 17.1. The smallest absolute Gasteiger partial charge is 0.317 e. The van der Waals surface area contributed by atoms with Crippen molar-refractivity contribution in [3.8, 4) is 0 Å². The molecule has 1 aliphatic heterocycles. The molecule has 128 valence electrons. The number of aryl methyl sites for hydroxylation is 1. The molecule has 3 rings (SSSR count). The van der Waals surface area contributed by atoms with Crippen LogP contribution in [-0.4, -0.2) is 17.5 Å². The molecule has 1 aromatic heterocycles. The van der Waals surface area contributed by atoms with Crippen LogP contribution in [0, 0.1) is 18.6 Å². The maximum Gasteiger partial charge on any atom is 0.322 e. The van der Waals surface area contributed by atoms with Crippen molar-refractivity contribution >= 4 is 23.1 Å². The minimum absolute atomic E-state index is 0.00626. The van der Waals surface area contributed by atoms with Crippen LogP contribution in [-0.2, 0) is 0 Å². The summed E-state index contributed by atoms with van der Waals surface area (Å²) in [6.45, 7) is 2.68. The number of likely N-dealkylation sites (tertiary alicyclic amines) is 1. The van der Waals surface area contributed by atoms with Gasteiger partial charge in [-0.3, -0.25) is 0 Å². The predicted octanol–water partition coefficient (Wildman–Crippen LogP) is 5.48. The minimum Gasteiger partial charge on any atom is -0.317 e. The number of halogens is 2. The Balaban J connectivity index is 1.81. The van der Waals surface area contributed by atoms with E-state index in [0.717, 1.165) is 42.7 Å². The Labute approximate surface area is 144 Å². The molecule has 6 heteroatoms. The Morgan fingerprint density at radius 2 is 2.04 bits per heavy atom. The summed E-state index contributed by atoms with van der Waals surface area (Å²) in [6, 6.07) is 6.97. The van der Waals surface area contributed by atoms with Crippen LogP contribution in [0.3, 0.4) is 0 Å². The first-order valence-corrected chi connectivity index (χ1v) is 8.95. The summed E-state index contributed by atoms with van der Waals surface area (Å²) in [4.78, 5) is 16.9. The van der Waals surface area contributed by atoms with E-state index in [1.54, 1.807) is 16.2 Å². The van der Waals surface area contributed by atoms with E-state index in [-0.39, 0.29) is 17.8 Å². The van der Waals surface area contributed by atoms with Gasteiger partial charge in [-0.1, -0.05) is 12.8 Å². The van der Waals surface area contributed by atoms with Crippen LogP contribution in [0.1, 0.15) is 41.5 Å². The predicted molar refractivity (Wildman–Crippen MR) is 92.3 cm³/mol. The maximum atomic E-state index is 13.8. The number of nitrogens with one attached hydrogen (secondary N) is 1. The largest absolute Gasteiger partial charge is 0.322 e. The highest BCUT2D eigenvalue weighted by Gasteiger charge is 2.28. The van der Waals surface area contributed by atoms with Crippen LogP contribution in [0.25, 0.3) is 0 Å². The third-order valence-corrected chi connectivity index (χ3v) is 5.38. The molecule has 1 fully saturated rings. The van der Waals surface area contributed by atoms with Gasteiger partial charge >= 0.3 is 6.03 Å². The molecule has 2 amide bonds. The molecule has 2 heterocycles. The Bertz CT molecular complexity index is 732. The van der Waals surface area contributed by atoms with Crippen LogP contribution in [0.5, 0.6) is 0 Å². The zero-order valence-electron chi connectivity index (χ0n) is 13.5. The molecule has 0 aliphatic carbocycles. The molecule has 3 nitrogen and oxygen atoms in total. The number of nitrogens with zero attached hydrogens (tertiary/aromatic N) is 1. The fraction of sp³-hybridized carbons (Fsp3) is 0.389. The van der Waals surface area contributed by atoms with E-state index in [1.807, 2.05) is 6.92 Å². The SMILES string of the molecule is Cc1ccc([C@@H]2CCCCCN2C(=O)Nc2ccc(F)cc2F)s1. The minimum atomic E-state index is -0.762. The second-order valence-electron chi connectivity index (χ2n) is 6.06. The first-order chi connectivity index (χ1) is 11.5. The lowest BCUT2D eigenvalue weighted by Crippen LogP contribution is -2.38. The molecule has 0 bridgehead atoms.